The molecule has 0 atom stereocenters. The highest BCUT2D eigenvalue weighted by atomic mass is 32.2. The maximum absolute atomic E-state index is 12.4. The van der Waals surface area contributed by atoms with Gasteiger partial charge >= 0.3 is 4.87 Å². The van der Waals surface area contributed by atoms with Crippen molar-refractivity contribution in [3.63, 3.8) is 0 Å². The van der Waals surface area contributed by atoms with Crippen molar-refractivity contribution in [2.75, 3.05) is 16.3 Å². The molecule has 9 heteroatoms. The highest BCUT2D eigenvalue weighted by Gasteiger charge is 2.11. The van der Waals surface area contributed by atoms with E-state index in [9.17, 15) is 18.0 Å². The number of aromatic nitrogens is 1. The Morgan fingerprint density at radius 2 is 1.92 bits per heavy atom. The number of aryl methyl sites for hydroxylation is 1. The van der Waals surface area contributed by atoms with Gasteiger partial charge in [0.2, 0.25) is 10.0 Å². The summed E-state index contributed by atoms with van der Waals surface area (Å²) >= 11 is 1.13. The third-order valence-electron chi connectivity index (χ3n) is 3.67. The molecule has 2 N–H and O–H groups in total. The maximum Gasteiger partial charge on any atom is 0.308 e. The summed E-state index contributed by atoms with van der Waals surface area (Å²) in [6.07, 6.45) is 1.04. The van der Waals surface area contributed by atoms with Gasteiger partial charge in [-0.05, 0) is 43.3 Å². The minimum absolute atomic E-state index is 0.0365. The Kier molecular flexibility index (Phi) is 4.84. The third kappa shape index (κ3) is 3.94. The van der Waals surface area contributed by atoms with Gasteiger partial charge in [0, 0.05) is 23.5 Å². The van der Waals surface area contributed by atoms with E-state index in [-0.39, 0.29) is 10.8 Å². The third-order valence-corrected chi connectivity index (χ3v) is 5.22. The minimum Gasteiger partial charge on any atom is -0.322 e. The molecule has 0 spiro atoms. The number of sulfonamides is 1. The van der Waals surface area contributed by atoms with Crippen molar-refractivity contribution < 1.29 is 13.2 Å². The van der Waals surface area contributed by atoms with Crippen LogP contribution in [0.15, 0.2) is 47.3 Å². The first kappa shape index (κ1) is 18.2. The van der Waals surface area contributed by atoms with Gasteiger partial charge in [-0.2, -0.15) is 0 Å². The van der Waals surface area contributed by atoms with Crippen molar-refractivity contribution in [3.8, 4) is 0 Å². The fourth-order valence-corrected chi connectivity index (χ4v) is 4.13. The number of benzene rings is 2. The average molecular weight is 391 g/mol. The van der Waals surface area contributed by atoms with E-state index < -0.39 is 10.0 Å². The lowest BCUT2D eigenvalue weighted by Crippen LogP contribution is -2.14. The Hall–Kier alpha value is -2.65. The van der Waals surface area contributed by atoms with Gasteiger partial charge in [0.15, 0.2) is 0 Å². The molecule has 0 aliphatic heterocycles. The van der Waals surface area contributed by atoms with Crippen LogP contribution >= 0.6 is 11.3 Å². The van der Waals surface area contributed by atoms with Gasteiger partial charge in [-0.25, -0.2) is 8.42 Å². The van der Waals surface area contributed by atoms with Crippen LogP contribution in [0.1, 0.15) is 17.3 Å². The van der Waals surface area contributed by atoms with E-state index in [1.54, 1.807) is 41.0 Å². The Bertz CT molecular complexity index is 1150. The number of hydrogen-bond acceptors (Lipinski definition) is 5. The summed E-state index contributed by atoms with van der Waals surface area (Å²) in [5.41, 5.74) is 2.03. The molecule has 2 aromatic carbocycles. The van der Waals surface area contributed by atoms with Crippen molar-refractivity contribution in [3.05, 3.63) is 57.7 Å². The number of amides is 1. The van der Waals surface area contributed by atoms with Crippen LogP contribution in [0.4, 0.5) is 11.4 Å². The molecule has 0 saturated carbocycles. The van der Waals surface area contributed by atoms with Crippen molar-refractivity contribution in [1.29, 1.82) is 0 Å². The van der Waals surface area contributed by atoms with E-state index in [2.05, 4.69) is 10.0 Å². The maximum atomic E-state index is 12.4. The van der Waals surface area contributed by atoms with Crippen LogP contribution in [0.2, 0.25) is 0 Å². The smallest absolute Gasteiger partial charge is 0.308 e. The van der Waals surface area contributed by atoms with Crippen LogP contribution in [-0.4, -0.2) is 25.1 Å². The van der Waals surface area contributed by atoms with Crippen LogP contribution in [0.3, 0.4) is 0 Å². The first-order valence-corrected chi connectivity index (χ1v) is 10.5. The summed E-state index contributed by atoms with van der Waals surface area (Å²) in [5, 5.41) is 2.77. The van der Waals surface area contributed by atoms with E-state index in [0.29, 0.717) is 23.5 Å². The summed E-state index contributed by atoms with van der Waals surface area (Å²) in [5.74, 6) is -0.372. The Labute approximate surface area is 154 Å². The fourth-order valence-electron chi connectivity index (χ4n) is 2.58. The van der Waals surface area contributed by atoms with E-state index in [1.165, 1.54) is 6.07 Å². The lowest BCUT2D eigenvalue weighted by atomic mass is 10.2. The monoisotopic (exact) mass is 391 g/mol. The molecule has 0 unspecified atom stereocenters. The standard InChI is InChI=1S/C17H17N3O4S2/c1-3-20-14-8-7-12(10-15(14)25-17(20)22)18-16(21)11-5-4-6-13(9-11)19-26(2,23)24/h4-10,19H,3H2,1-2H3,(H,18,21). The first-order valence-electron chi connectivity index (χ1n) is 7.79. The van der Waals surface area contributed by atoms with Gasteiger partial charge < -0.3 is 5.32 Å². The summed E-state index contributed by atoms with van der Waals surface area (Å²) < 4.78 is 27.4. The first-order chi connectivity index (χ1) is 12.3. The van der Waals surface area contributed by atoms with E-state index in [4.69, 9.17) is 0 Å². The number of thiazole rings is 1. The Morgan fingerprint density at radius 3 is 2.62 bits per heavy atom. The minimum atomic E-state index is -3.42. The molecule has 0 fully saturated rings. The van der Waals surface area contributed by atoms with Crippen LogP contribution in [0, 0.1) is 0 Å². The number of carbonyl (C=O) groups is 1. The predicted molar refractivity (Wildman–Crippen MR) is 105 cm³/mol. The number of carbonyl (C=O) groups excluding carboxylic acids is 1. The summed E-state index contributed by atoms with van der Waals surface area (Å²) in [6, 6.07) is 11.5. The summed E-state index contributed by atoms with van der Waals surface area (Å²) in [6.45, 7) is 2.49. The van der Waals surface area contributed by atoms with Crippen molar-refractivity contribution in [1.82, 2.24) is 4.57 Å². The quantitative estimate of drug-likeness (QED) is 0.699. The van der Waals surface area contributed by atoms with Crippen LogP contribution in [0.25, 0.3) is 10.2 Å². The highest BCUT2D eigenvalue weighted by molar-refractivity contribution is 7.92. The van der Waals surface area contributed by atoms with Crippen molar-refractivity contribution >= 4 is 48.9 Å². The summed E-state index contributed by atoms with van der Waals surface area (Å²) in [4.78, 5) is 24.3. The molecule has 0 radical (unpaired) electrons. The number of rotatable bonds is 5. The topological polar surface area (TPSA) is 97.3 Å². The number of hydrogen-bond donors (Lipinski definition) is 2. The molecule has 0 aliphatic carbocycles. The molecule has 0 saturated heterocycles. The zero-order valence-electron chi connectivity index (χ0n) is 14.1. The molecule has 3 aromatic rings. The normalized spacial score (nSPS) is 11.5. The van der Waals surface area contributed by atoms with Gasteiger partial charge in [-0.15, -0.1) is 0 Å². The lowest BCUT2D eigenvalue weighted by Gasteiger charge is -2.08. The van der Waals surface area contributed by atoms with Crippen molar-refractivity contribution in [2.45, 2.75) is 13.5 Å². The molecule has 0 bridgehead atoms. The second-order valence-electron chi connectivity index (χ2n) is 5.70. The number of fused-ring (bicyclic) bond motifs is 1. The molecule has 3 rings (SSSR count). The zero-order chi connectivity index (χ0) is 18.9. The molecule has 1 aromatic heterocycles. The molecule has 0 aliphatic rings. The molecule has 7 nitrogen and oxygen atoms in total. The molecular weight excluding hydrogens is 374 g/mol. The predicted octanol–water partition coefficient (Wildman–Crippen LogP) is 2.71. The van der Waals surface area contributed by atoms with Crippen LogP contribution in [-0.2, 0) is 16.6 Å². The van der Waals surface area contributed by atoms with Gasteiger partial charge in [0.25, 0.3) is 5.91 Å². The number of nitrogens with zero attached hydrogens (tertiary/aromatic N) is 1. The zero-order valence-corrected chi connectivity index (χ0v) is 15.8. The largest absolute Gasteiger partial charge is 0.322 e. The van der Waals surface area contributed by atoms with Gasteiger partial charge in [0.05, 0.1) is 16.5 Å². The molecular formula is C17H17N3O4S2. The molecule has 136 valence electrons. The Balaban J connectivity index is 1.85. The van der Waals surface area contributed by atoms with Crippen LogP contribution in [0.5, 0.6) is 0 Å². The molecule has 26 heavy (non-hydrogen) atoms. The highest BCUT2D eigenvalue weighted by Crippen LogP contribution is 2.22. The fraction of sp³-hybridized carbons (Fsp3) is 0.176. The molecule has 1 heterocycles. The Morgan fingerprint density at radius 1 is 1.15 bits per heavy atom. The second kappa shape index (κ2) is 6.93. The van der Waals surface area contributed by atoms with Crippen molar-refractivity contribution in [2.24, 2.45) is 0 Å². The van der Waals surface area contributed by atoms with E-state index in [0.717, 1.165) is 27.8 Å². The van der Waals surface area contributed by atoms with Gasteiger partial charge in [0.1, 0.15) is 0 Å². The SMILES string of the molecule is CCn1c(=O)sc2cc(NC(=O)c3cccc(NS(C)(=O)=O)c3)ccc21. The van der Waals surface area contributed by atoms with Crippen LogP contribution < -0.4 is 14.9 Å². The molecule has 1 amide bonds. The van der Waals surface area contributed by atoms with E-state index in [1.807, 2.05) is 6.92 Å². The number of anilines is 2. The number of nitrogens with one attached hydrogen (secondary N) is 2. The average Bonchev–Trinajstić information content (AvgIpc) is 2.87. The van der Waals surface area contributed by atoms with Gasteiger partial charge in [-0.1, -0.05) is 17.4 Å². The second-order valence-corrected chi connectivity index (χ2v) is 8.45. The van der Waals surface area contributed by atoms with Gasteiger partial charge in [-0.3, -0.25) is 18.9 Å². The van der Waals surface area contributed by atoms with E-state index >= 15 is 0 Å². The lowest BCUT2D eigenvalue weighted by molar-refractivity contribution is 0.102. The summed E-state index contributed by atoms with van der Waals surface area (Å²) in [7, 11) is -3.42.